The maximum Gasteiger partial charge on any atom is 0.294 e. The quantitative estimate of drug-likeness (QED) is 0.563. The molecule has 2 heterocycles. The molecule has 2 aromatic carbocycles. The molecule has 1 aliphatic heterocycles. The number of ketones is 1. The standard InChI is InChI=1S/C22H19BrFN3O3/c1-22(2,3)20(29)17-18(13-8-11(23)4-6-14(13)24)27(21(30)19(17)28)12-5-7-15-16(9-12)26-10-25-15/h4-10,18,28H,1-3H3,(H,25,26)/t18-/m1/s1. The van der Waals surface area contributed by atoms with Crippen LogP contribution in [0.1, 0.15) is 32.4 Å². The van der Waals surface area contributed by atoms with Gasteiger partial charge in [0.2, 0.25) is 0 Å². The average Bonchev–Trinajstić information content (AvgIpc) is 3.25. The molecule has 0 fully saturated rings. The molecular weight excluding hydrogens is 453 g/mol. The van der Waals surface area contributed by atoms with Crippen molar-refractivity contribution in [2.75, 3.05) is 4.90 Å². The molecule has 0 bridgehead atoms. The molecule has 0 spiro atoms. The van der Waals surface area contributed by atoms with Crippen LogP contribution in [0.25, 0.3) is 11.0 Å². The van der Waals surface area contributed by atoms with Crippen molar-refractivity contribution in [3.63, 3.8) is 0 Å². The van der Waals surface area contributed by atoms with Crippen molar-refractivity contribution in [1.82, 2.24) is 9.97 Å². The summed E-state index contributed by atoms with van der Waals surface area (Å²) in [7, 11) is 0. The Hall–Kier alpha value is -3.00. The van der Waals surface area contributed by atoms with Crippen molar-refractivity contribution in [3.05, 3.63) is 69.9 Å². The third-order valence-corrected chi connectivity index (χ3v) is 5.56. The first-order valence-electron chi connectivity index (χ1n) is 9.29. The summed E-state index contributed by atoms with van der Waals surface area (Å²) in [4.78, 5) is 34.7. The maximum atomic E-state index is 14.9. The molecule has 0 aliphatic carbocycles. The summed E-state index contributed by atoms with van der Waals surface area (Å²) in [6.45, 7) is 5.06. The molecule has 1 atom stereocenters. The van der Waals surface area contributed by atoms with Gasteiger partial charge in [-0.25, -0.2) is 9.37 Å². The van der Waals surface area contributed by atoms with Crippen LogP contribution in [-0.2, 0) is 9.59 Å². The first kappa shape index (κ1) is 20.3. The molecule has 0 saturated heterocycles. The Morgan fingerprint density at radius 3 is 2.67 bits per heavy atom. The number of hydrogen-bond donors (Lipinski definition) is 2. The molecule has 6 nitrogen and oxygen atoms in total. The Labute approximate surface area is 180 Å². The lowest BCUT2D eigenvalue weighted by Gasteiger charge is -2.29. The summed E-state index contributed by atoms with van der Waals surface area (Å²) in [5.41, 5.74) is 0.883. The summed E-state index contributed by atoms with van der Waals surface area (Å²) < 4.78 is 15.5. The number of H-pyrrole nitrogens is 1. The van der Waals surface area contributed by atoms with Gasteiger partial charge in [-0.3, -0.25) is 14.5 Å². The SMILES string of the molecule is CC(C)(C)C(=O)C1=C(O)C(=O)N(c2ccc3nc[nH]c3c2)[C@@H]1c1cc(Br)ccc1F. The number of Topliss-reactive ketones (excluding diaryl/α,β-unsaturated/α-hetero) is 1. The maximum absolute atomic E-state index is 14.9. The average molecular weight is 472 g/mol. The second-order valence-electron chi connectivity index (χ2n) is 8.19. The molecule has 2 N–H and O–H groups in total. The van der Waals surface area contributed by atoms with E-state index in [1.165, 1.54) is 29.4 Å². The van der Waals surface area contributed by atoms with Crippen LogP contribution in [0.4, 0.5) is 10.1 Å². The number of rotatable bonds is 3. The van der Waals surface area contributed by atoms with Gasteiger partial charge in [-0.05, 0) is 36.4 Å². The number of imidazole rings is 1. The highest BCUT2D eigenvalue weighted by atomic mass is 79.9. The zero-order valence-electron chi connectivity index (χ0n) is 16.5. The molecule has 1 amide bonds. The largest absolute Gasteiger partial charge is 0.503 e. The van der Waals surface area contributed by atoms with Crippen molar-refractivity contribution in [2.24, 2.45) is 5.41 Å². The molecule has 154 valence electrons. The van der Waals surface area contributed by atoms with Gasteiger partial charge >= 0.3 is 0 Å². The summed E-state index contributed by atoms with van der Waals surface area (Å²) in [5, 5.41) is 10.7. The van der Waals surface area contributed by atoms with Crippen LogP contribution in [-0.4, -0.2) is 26.8 Å². The normalized spacial score (nSPS) is 17.3. The van der Waals surface area contributed by atoms with Crippen LogP contribution in [0.15, 0.2) is 58.5 Å². The summed E-state index contributed by atoms with van der Waals surface area (Å²) in [6.07, 6.45) is 1.52. The van der Waals surface area contributed by atoms with Gasteiger partial charge in [0.1, 0.15) is 5.82 Å². The van der Waals surface area contributed by atoms with Crippen molar-refractivity contribution < 1.29 is 19.1 Å². The molecule has 0 radical (unpaired) electrons. The molecule has 3 aromatic rings. The van der Waals surface area contributed by atoms with Gasteiger partial charge in [-0.2, -0.15) is 0 Å². The first-order chi connectivity index (χ1) is 14.1. The highest BCUT2D eigenvalue weighted by Gasteiger charge is 2.47. The lowest BCUT2D eigenvalue weighted by atomic mass is 9.82. The van der Waals surface area contributed by atoms with E-state index in [9.17, 15) is 19.1 Å². The minimum absolute atomic E-state index is 0.110. The molecule has 30 heavy (non-hydrogen) atoms. The van der Waals surface area contributed by atoms with Gasteiger partial charge in [0.15, 0.2) is 11.5 Å². The molecule has 1 aliphatic rings. The van der Waals surface area contributed by atoms with Crippen molar-refractivity contribution >= 4 is 44.3 Å². The zero-order valence-corrected chi connectivity index (χ0v) is 18.1. The van der Waals surface area contributed by atoms with Gasteiger partial charge < -0.3 is 10.1 Å². The Morgan fingerprint density at radius 1 is 1.23 bits per heavy atom. The minimum Gasteiger partial charge on any atom is -0.503 e. The molecular formula is C22H19BrFN3O3. The van der Waals surface area contributed by atoms with E-state index in [0.29, 0.717) is 21.2 Å². The molecule has 0 unspecified atom stereocenters. The highest BCUT2D eigenvalue weighted by molar-refractivity contribution is 9.10. The number of aromatic nitrogens is 2. The lowest BCUT2D eigenvalue weighted by molar-refractivity contribution is -0.123. The Balaban J connectivity index is 1.96. The van der Waals surface area contributed by atoms with Crippen LogP contribution in [0.2, 0.25) is 0 Å². The third-order valence-electron chi connectivity index (χ3n) is 5.07. The molecule has 8 heteroatoms. The number of benzene rings is 2. The number of anilines is 1. The van der Waals surface area contributed by atoms with Crippen LogP contribution >= 0.6 is 15.9 Å². The molecule has 0 saturated carbocycles. The highest BCUT2D eigenvalue weighted by Crippen LogP contribution is 2.44. The van der Waals surface area contributed by atoms with Crippen molar-refractivity contribution in [3.8, 4) is 0 Å². The topological polar surface area (TPSA) is 86.3 Å². The second kappa shape index (κ2) is 7.05. The van der Waals surface area contributed by atoms with E-state index in [1.807, 2.05) is 0 Å². The Kier molecular flexibility index (Phi) is 4.77. The van der Waals surface area contributed by atoms with E-state index in [1.54, 1.807) is 39.0 Å². The smallest absolute Gasteiger partial charge is 0.294 e. The number of aliphatic hydroxyl groups is 1. The van der Waals surface area contributed by atoms with Crippen LogP contribution < -0.4 is 4.90 Å². The van der Waals surface area contributed by atoms with E-state index in [0.717, 1.165) is 0 Å². The van der Waals surface area contributed by atoms with E-state index >= 15 is 0 Å². The van der Waals surface area contributed by atoms with E-state index < -0.39 is 34.7 Å². The predicted molar refractivity (Wildman–Crippen MR) is 115 cm³/mol. The third kappa shape index (κ3) is 3.21. The Morgan fingerprint density at radius 2 is 1.97 bits per heavy atom. The van der Waals surface area contributed by atoms with Crippen LogP contribution in [0, 0.1) is 11.2 Å². The van der Waals surface area contributed by atoms with Gasteiger partial charge in [-0.15, -0.1) is 0 Å². The van der Waals surface area contributed by atoms with Crippen LogP contribution in [0.5, 0.6) is 0 Å². The van der Waals surface area contributed by atoms with Gasteiger partial charge in [0.25, 0.3) is 5.91 Å². The number of amides is 1. The fourth-order valence-electron chi connectivity index (χ4n) is 3.60. The first-order valence-corrected chi connectivity index (χ1v) is 10.1. The summed E-state index contributed by atoms with van der Waals surface area (Å²) in [6, 6.07) is 8.25. The van der Waals surface area contributed by atoms with Crippen LogP contribution in [0.3, 0.4) is 0 Å². The molecule has 4 rings (SSSR count). The fraction of sp³-hybridized carbons (Fsp3) is 0.227. The minimum atomic E-state index is -1.11. The number of carbonyl (C=O) groups is 2. The molecule has 1 aromatic heterocycles. The van der Waals surface area contributed by atoms with Crippen molar-refractivity contribution in [1.29, 1.82) is 0 Å². The number of hydrogen-bond acceptors (Lipinski definition) is 4. The summed E-state index contributed by atoms with van der Waals surface area (Å²) in [5.74, 6) is -2.43. The Bertz CT molecular complexity index is 1230. The number of carbonyl (C=O) groups excluding carboxylic acids is 2. The van der Waals surface area contributed by atoms with Gasteiger partial charge in [0, 0.05) is 21.1 Å². The summed E-state index contributed by atoms with van der Waals surface area (Å²) >= 11 is 3.33. The van der Waals surface area contributed by atoms with E-state index in [4.69, 9.17) is 0 Å². The number of aliphatic hydroxyl groups excluding tert-OH is 1. The second-order valence-corrected chi connectivity index (χ2v) is 9.10. The van der Waals surface area contributed by atoms with Crippen molar-refractivity contribution in [2.45, 2.75) is 26.8 Å². The zero-order chi connectivity index (χ0) is 21.8. The number of aromatic amines is 1. The van der Waals surface area contributed by atoms with Gasteiger partial charge in [0.05, 0.1) is 29.0 Å². The lowest BCUT2D eigenvalue weighted by Crippen LogP contribution is -2.33. The van der Waals surface area contributed by atoms with E-state index in [-0.39, 0.29) is 11.1 Å². The number of halogens is 2. The number of nitrogens with one attached hydrogen (secondary N) is 1. The fourth-order valence-corrected chi connectivity index (χ4v) is 3.98. The monoisotopic (exact) mass is 471 g/mol. The number of nitrogens with zero attached hydrogens (tertiary/aromatic N) is 2. The van der Waals surface area contributed by atoms with E-state index in [2.05, 4.69) is 25.9 Å². The predicted octanol–water partition coefficient (Wildman–Crippen LogP) is 4.98. The number of fused-ring (bicyclic) bond motifs is 1. The van der Waals surface area contributed by atoms with Gasteiger partial charge in [-0.1, -0.05) is 36.7 Å².